The second-order valence-electron chi connectivity index (χ2n) is 7.65. The lowest BCUT2D eigenvalue weighted by atomic mass is 9.97. The Morgan fingerprint density at radius 2 is 1.52 bits per heavy atom. The molecule has 0 amide bonds. The lowest BCUT2D eigenvalue weighted by Gasteiger charge is -2.10. The SMILES string of the molecule is O=C(Cn1cc(COC(=O)c2c3ccccc3cc3ccccc23)nn1)c1ccc(O)cc1. The van der Waals surface area contributed by atoms with Gasteiger partial charge in [-0.05, 0) is 51.9 Å². The number of Topliss-reactive ketones (excluding diaryl/α,β-unsaturated/α-hetero) is 1. The van der Waals surface area contributed by atoms with E-state index in [1.807, 2.05) is 48.5 Å². The van der Waals surface area contributed by atoms with Crippen molar-refractivity contribution in [3.8, 4) is 5.75 Å². The standard InChI is InChI=1S/C26H19N3O4/c30-21-11-9-17(10-12-21)24(31)15-29-14-20(27-28-29)16-33-26(32)25-22-7-3-1-5-18(22)13-19-6-2-4-8-23(19)25/h1-14,30H,15-16H2. The van der Waals surface area contributed by atoms with Crippen LogP contribution in [-0.4, -0.2) is 31.9 Å². The van der Waals surface area contributed by atoms with Gasteiger partial charge < -0.3 is 9.84 Å². The third kappa shape index (κ3) is 4.16. The van der Waals surface area contributed by atoms with Gasteiger partial charge in [0.1, 0.15) is 24.6 Å². The van der Waals surface area contributed by atoms with Gasteiger partial charge in [-0.3, -0.25) is 4.79 Å². The Labute approximate surface area is 188 Å². The number of ketones is 1. The van der Waals surface area contributed by atoms with Gasteiger partial charge in [-0.1, -0.05) is 53.7 Å². The highest BCUT2D eigenvalue weighted by Crippen LogP contribution is 2.29. The minimum absolute atomic E-state index is 0.0142. The predicted octanol–water partition coefficient (Wildman–Crippen LogP) is 4.53. The molecule has 1 heterocycles. The molecular weight excluding hydrogens is 418 g/mol. The van der Waals surface area contributed by atoms with Gasteiger partial charge in [0.05, 0.1) is 11.8 Å². The monoisotopic (exact) mass is 437 g/mol. The number of hydrogen-bond acceptors (Lipinski definition) is 6. The average Bonchev–Trinajstić information content (AvgIpc) is 3.28. The summed E-state index contributed by atoms with van der Waals surface area (Å²) in [7, 11) is 0. The maximum Gasteiger partial charge on any atom is 0.339 e. The average molecular weight is 437 g/mol. The van der Waals surface area contributed by atoms with Gasteiger partial charge in [-0.15, -0.1) is 5.10 Å². The highest BCUT2D eigenvalue weighted by Gasteiger charge is 2.17. The van der Waals surface area contributed by atoms with Crippen molar-refractivity contribution in [3.63, 3.8) is 0 Å². The van der Waals surface area contributed by atoms with Crippen molar-refractivity contribution in [1.29, 1.82) is 0 Å². The van der Waals surface area contributed by atoms with E-state index >= 15 is 0 Å². The van der Waals surface area contributed by atoms with Crippen LogP contribution in [0.1, 0.15) is 26.4 Å². The number of hydrogen-bond donors (Lipinski definition) is 1. The fourth-order valence-corrected chi connectivity index (χ4v) is 3.81. The zero-order valence-electron chi connectivity index (χ0n) is 17.5. The van der Waals surface area contributed by atoms with E-state index in [1.165, 1.54) is 16.8 Å². The molecule has 0 aliphatic rings. The summed E-state index contributed by atoms with van der Waals surface area (Å²) in [4.78, 5) is 25.5. The molecule has 0 radical (unpaired) electrons. The number of rotatable bonds is 6. The number of phenolic OH excluding ortho intramolecular Hbond substituents is 1. The first-order valence-corrected chi connectivity index (χ1v) is 10.4. The summed E-state index contributed by atoms with van der Waals surface area (Å²) in [5, 5.41) is 20.9. The summed E-state index contributed by atoms with van der Waals surface area (Å²) < 4.78 is 6.97. The molecule has 0 bridgehead atoms. The zero-order chi connectivity index (χ0) is 22.8. The van der Waals surface area contributed by atoms with E-state index in [4.69, 9.17) is 4.74 Å². The quantitative estimate of drug-likeness (QED) is 0.238. The van der Waals surface area contributed by atoms with Crippen molar-refractivity contribution in [2.45, 2.75) is 13.2 Å². The number of ether oxygens (including phenoxy) is 1. The molecule has 0 saturated heterocycles. The first kappa shape index (κ1) is 20.4. The molecule has 0 spiro atoms. The Bertz CT molecular complexity index is 1440. The molecule has 1 aromatic heterocycles. The Hall–Kier alpha value is -4.52. The molecule has 162 valence electrons. The van der Waals surface area contributed by atoms with Crippen LogP contribution >= 0.6 is 0 Å². The van der Waals surface area contributed by atoms with E-state index in [2.05, 4.69) is 16.4 Å². The summed E-state index contributed by atoms with van der Waals surface area (Å²) in [5.74, 6) is -0.529. The van der Waals surface area contributed by atoms with E-state index < -0.39 is 5.97 Å². The van der Waals surface area contributed by atoms with Crippen molar-refractivity contribution >= 4 is 33.3 Å². The van der Waals surface area contributed by atoms with Crippen molar-refractivity contribution in [2.75, 3.05) is 0 Å². The fraction of sp³-hybridized carbons (Fsp3) is 0.0769. The maximum atomic E-state index is 13.1. The molecule has 1 N–H and O–H groups in total. The number of fused-ring (bicyclic) bond motifs is 2. The van der Waals surface area contributed by atoms with Gasteiger partial charge in [-0.25, -0.2) is 9.48 Å². The van der Waals surface area contributed by atoms with Crippen molar-refractivity contribution in [3.05, 3.63) is 102 Å². The van der Waals surface area contributed by atoms with Crippen LogP contribution in [0.25, 0.3) is 21.5 Å². The largest absolute Gasteiger partial charge is 0.508 e. The summed E-state index contributed by atoms with van der Waals surface area (Å²) in [5.41, 5.74) is 1.41. The van der Waals surface area contributed by atoms with Gasteiger partial charge in [0, 0.05) is 5.56 Å². The van der Waals surface area contributed by atoms with Crippen LogP contribution in [0.3, 0.4) is 0 Å². The Morgan fingerprint density at radius 3 is 2.18 bits per heavy atom. The number of carbonyl (C=O) groups is 2. The predicted molar refractivity (Wildman–Crippen MR) is 123 cm³/mol. The number of aromatic nitrogens is 3. The normalized spacial score (nSPS) is 11.0. The fourth-order valence-electron chi connectivity index (χ4n) is 3.81. The van der Waals surface area contributed by atoms with Gasteiger partial charge >= 0.3 is 5.97 Å². The molecule has 0 unspecified atom stereocenters. The molecule has 5 rings (SSSR count). The highest BCUT2D eigenvalue weighted by molar-refractivity contribution is 6.16. The first-order valence-electron chi connectivity index (χ1n) is 10.4. The minimum atomic E-state index is -0.447. The lowest BCUT2D eigenvalue weighted by Crippen LogP contribution is -2.11. The van der Waals surface area contributed by atoms with Crippen LogP contribution in [0, 0.1) is 0 Å². The zero-order valence-corrected chi connectivity index (χ0v) is 17.5. The van der Waals surface area contributed by atoms with Gasteiger partial charge in [0.25, 0.3) is 0 Å². The number of aromatic hydroxyl groups is 1. The minimum Gasteiger partial charge on any atom is -0.508 e. The van der Waals surface area contributed by atoms with Gasteiger partial charge in [-0.2, -0.15) is 0 Å². The van der Waals surface area contributed by atoms with Crippen LogP contribution in [-0.2, 0) is 17.9 Å². The van der Waals surface area contributed by atoms with Crippen LogP contribution in [0.15, 0.2) is 85.1 Å². The van der Waals surface area contributed by atoms with Crippen LogP contribution in [0.5, 0.6) is 5.75 Å². The molecule has 5 aromatic rings. The van der Waals surface area contributed by atoms with E-state index in [1.54, 1.807) is 18.3 Å². The summed E-state index contributed by atoms with van der Waals surface area (Å²) >= 11 is 0. The molecular formula is C26H19N3O4. The third-order valence-corrected chi connectivity index (χ3v) is 5.41. The van der Waals surface area contributed by atoms with Crippen molar-refractivity contribution in [1.82, 2.24) is 15.0 Å². The number of phenols is 1. The van der Waals surface area contributed by atoms with Crippen molar-refractivity contribution in [2.24, 2.45) is 0 Å². The smallest absolute Gasteiger partial charge is 0.339 e. The maximum absolute atomic E-state index is 13.1. The Balaban J connectivity index is 1.33. The molecule has 4 aromatic carbocycles. The van der Waals surface area contributed by atoms with E-state index in [9.17, 15) is 14.7 Å². The van der Waals surface area contributed by atoms with E-state index in [0.29, 0.717) is 16.8 Å². The third-order valence-electron chi connectivity index (χ3n) is 5.41. The Kier molecular flexibility index (Phi) is 5.28. The number of benzene rings is 4. The molecule has 0 fully saturated rings. The topological polar surface area (TPSA) is 94.3 Å². The second kappa shape index (κ2) is 8.55. The number of nitrogens with zero attached hydrogens (tertiary/aromatic N) is 3. The summed E-state index contributed by atoms with van der Waals surface area (Å²) in [6.45, 7) is -0.0799. The second-order valence-corrected chi connectivity index (χ2v) is 7.65. The Morgan fingerprint density at radius 1 is 0.879 bits per heavy atom. The van der Waals surface area contributed by atoms with E-state index in [-0.39, 0.29) is 24.7 Å². The number of esters is 1. The van der Waals surface area contributed by atoms with E-state index in [0.717, 1.165) is 21.5 Å². The van der Waals surface area contributed by atoms with Crippen molar-refractivity contribution < 1.29 is 19.4 Å². The van der Waals surface area contributed by atoms with Crippen LogP contribution in [0.2, 0.25) is 0 Å². The molecule has 0 atom stereocenters. The van der Waals surface area contributed by atoms with Crippen LogP contribution < -0.4 is 0 Å². The summed E-state index contributed by atoms with van der Waals surface area (Å²) in [6.07, 6.45) is 1.58. The molecule has 7 heteroatoms. The van der Waals surface area contributed by atoms with Gasteiger partial charge in [0.2, 0.25) is 0 Å². The highest BCUT2D eigenvalue weighted by atomic mass is 16.5. The molecule has 0 saturated carbocycles. The van der Waals surface area contributed by atoms with Crippen LogP contribution in [0.4, 0.5) is 0 Å². The molecule has 0 aliphatic heterocycles. The molecule has 0 aliphatic carbocycles. The number of carbonyl (C=O) groups excluding carboxylic acids is 2. The lowest BCUT2D eigenvalue weighted by molar-refractivity contribution is 0.0472. The molecule has 33 heavy (non-hydrogen) atoms. The summed E-state index contributed by atoms with van der Waals surface area (Å²) in [6, 6.07) is 23.5. The molecule has 7 nitrogen and oxygen atoms in total. The first-order chi connectivity index (χ1) is 16.1. The van der Waals surface area contributed by atoms with Gasteiger partial charge in [0.15, 0.2) is 5.78 Å².